The molecule has 1 saturated heterocycles. The molecule has 0 aliphatic carbocycles. The van der Waals surface area contributed by atoms with E-state index in [2.05, 4.69) is 15.2 Å². The van der Waals surface area contributed by atoms with E-state index in [-0.39, 0.29) is 35.4 Å². The molecule has 0 atom stereocenters. The molecule has 1 heterocycles. The van der Waals surface area contributed by atoms with Crippen molar-refractivity contribution in [3.8, 4) is 0 Å². The van der Waals surface area contributed by atoms with E-state index in [0.717, 1.165) is 18.1 Å². The first-order valence-corrected chi connectivity index (χ1v) is 11.0. The number of hydrogen-bond donors (Lipinski definition) is 1. The molecule has 0 radical (unpaired) electrons. The minimum atomic E-state index is -3.16. The third kappa shape index (κ3) is 7.21. The summed E-state index contributed by atoms with van der Waals surface area (Å²) >= 11 is 0. The van der Waals surface area contributed by atoms with Gasteiger partial charge < -0.3 is 15.1 Å². The molecule has 1 aromatic carbocycles. The van der Waals surface area contributed by atoms with Gasteiger partial charge in [0.1, 0.15) is 11.6 Å². The zero-order valence-electron chi connectivity index (χ0n) is 17.1. The molecule has 1 N–H and O–H groups in total. The lowest BCUT2D eigenvalue weighted by Crippen LogP contribution is -2.53. The van der Waals surface area contributed by atoms with E-state index in [1.807, 2.05) is 4.90 Å². The lowest BCUT2D eigenvalue weighted by Gasteiger charge is -2.37. The lowest BCUT2D eigenvalue weighted by molar-refractivity contribution is 0.369. The summed E-state index contributed by atoms with van der Waals surface area (Å²) in [5, 5.41) is 3.24. The summed E-state index contributed by atoms with van der Waals surface area (Å²) in [5.41, 5.74) is 0.280. The van der Waals surface area contributed by atoms with Crippen LogP contribution in [-0.4, -0.2) is 82.7 Å². The van der Waals surface area contributed by atoms with Gasteiger partial charge in [-0.25, -0.2) is 21.5 Å². The van der Waals surface area contributed by atoms with Crippen LogP contribution in [0.5, 0.6) is 0 Å². The Kier molecular flexibility index (Phi) is 10.5. The maximum absolute atomic E-state index is 14.0. The van der Waals surface area contributed by atoms with E-state index in [0.29, 0.717) is 45.7 Å². The van der Waals surface area contributed by atoms with Crippen molar-refractivity contribution in [2.75, 3.05) is 64.0 Å². The van der Waals surface area contributed by atoms with Crippen molar-refractivity contribution < 1.29 is 17.2 Å². The van der Waals surface area contributed by atoms with Gasteiger partial charge in [0.25, 0.3) is 0 Å². The Bertz CT molecular complexity index is 786. The third-order valence-electron chi connectivity index (χ3n) is 4.81. The smallest absolute Gasteiger partial charge is 0.213 e. The Labute approximate surface area is 189 Å². The number of piperazine rings is 1. The predicted octanol–water partition coefficient (Wildman–Crippen LogP) is 1.95. The monoisotopic (exact) mass is 545 g/mol. The summed E-state index contributed by atoms with van der Waals surface area (Å²) in [6.45, 7) is 5.01. The third-order valence-corrected chi connectivity index (χ3v) is 6.67. The van der Waals surface area contributed by atoms with E-state index in [4.69, 9.17) is 0 Å². The van der Waals surface area contributed by atoms with Crippen molar-refractivity contribution in [2.45, 2.75) is 13.3 Å². The fourth-order valence-electron chi connectivity index (χ4n) is 3.08. The number of guanidine groups is 1. The number of anilines is 1. The molecular formula is C18H30F2IN5O2S. The number of hydrogen-bond acceptors (Lipinski definition) is 4. The Morgan fingerprint density at radius 1 is 1.24 bits per heavy atom. The maximum Gasteiger partial charge on any atom is 0.213 e. The van der Waals surface area contributed by atoms with E-state index in [1.54, 1.807) is 21.0 Å². The molecule has 0 spiro atoms. The van der Waals surface area contributed by atoms with Gasteiger partial charge in [0.15, 0.2) is 5.96 Å². The van der Waals surface area contributed by atoms with Crippen molar-refractivity contribution in [3.63, 3.8) is 0 Å². The number of halogens is 3. The highest BCUT2D eigenvalue weighted by atomic mass is 127. The molecule has 1 aliphatic rings. The molecule has 1 aliphatic heterocycles. The molecule has 0 bridgehead atoms. The lowest BCUT2D eigenvalue weighted by atomic mass is 10.2. The van der Waals surface area contributed by atoms with Gasteiger partial charge in [0.05, 0.1) is 11.4 Å². The Morgan fingerprint density at radius 3 is 2.48 bits per heavy atom. The molecule has 0 aromatic heterocycles. The first kappa shape index (κ1) is 25.8. The van der Waals surface area contributed by atoms with Gasteiger partial charge in [-0.15, -0.1) is 24.0 Å². The number of nitrogens with zero attached hydrogens (tertiary/aromatic N) is 4. The number of benzene rings is 1. The molecule has 2 rings (SSSR count). The zero-order chi connectivity index (χ0) is 20.7. The van der Waals surface area contributed by atoms with Crippen LogP contribution in [0.4, 0.5) is 14.5 Å². The van der Waals surface area contributed by atoms with Crippen LogP contribution in [0.2, 0.25) is 0 Å². The van der Waals surface area contributed by atoms with E-state index in [9.17, 15) is 17.2 Å². The average Bonchev–Trinajstić information content (AvgIpc) is 2.70. The van der Waals surface area contributed by atoms with Gasteiger partial charge in [-0.2, -0.15) is 0 Å². The summed E-state index contributed by atoms with van der Waals surface area (Å²) in [6, 6.07) is 3.48. The molecule has 1 aromatic rings. The van der Waals surface area contributed by atoms with Crippen LogP contribution < -0.4 is 10.2 Å². The summed E-state index contributed by atoms with van der Waals surface area (Å²) in [5.74, 6) is -0.0651. The van der Waals surface area contributed by atoms with Crippen LogP contribution in [0.3, 0.4) is 0 Å². The summed E-state index contributed by atoms with van der Waals surface area (Å²) < 4.78 is 52.2. The Morgan fingerprint density at radius 2 is 1.90 bits per heavy atom. The number of sulfonamides is 1. The Balaban J connectivity index is 0.00000420. The van der Waals surface area contributed by atoms with Gasteiger partial charge in [0, 0.05) is 59.4 Å². The van der Waals surface area contributed by atoms with Crippen molar-refractivity contribution >= 4 is 45.6 Å². The van der Waals surface area contributed by atoms with Gasteiger partial charge in [-0.1, -0.05) is 0 Å². The molecule has 0 amide bonds. The molecular weight excluding hydrogens is 515 g/mol. The van der Waals surface area contributed by atoms with Gasteiger partial charge >= 0.3 is 0 Å². The van der Waals surface area contributed by atoms with Crippen LogP contribution in [0.25, 0.3) is 0 Å². The second-order valence-electron chi connectivity index (χ2n) is 6.62. The molecule has 0 saturated carbocycles. The average molecular weight is 545 g/mol. The largest absolute Gasteiger partial charge is 0.366 e. The molecule has 29 heavy (non-hydrogen) atoms. The fourth-order valence-corrected chi connectivity index (χ4v) is 3.93. The second-order valence-corrected chi connectivity index (χ2v) is 8.98. The topological polar surface area (TPSA) is 68.2 Å². The van der Waals surface area contributed by atoms with Gasteiger partial charge in [0.2, 0.25) is 10.0 Å². The van der Waals surface area contributed by atoms with Crippen LogP contribution in [0, 0.1) is 11.6 Å². The number of nitrogens with one attached hydrogen (secondary N) is 1. The van der Waals surface area contributed by atoms with Crippen LogP contribution in [-0.2, 0) is 10.0 Å². The van der Waals surface area contributed by atoms with Gasteiger partial charge in [-0.3, -0.25) is 4.99 Å². The van der Waals surface area contributed by atoms with Crippen molar-refractivity contribution in [1.82, 2.24) is 14.5 Å². The van der Waals surface area contributed by atoms with E-state index in [1.165, 1.54) is 10.4 Å². The van der Waals surface area contributed by atoms with Crippen molar-refractivity contribution in [3.05, 3.63) is 29.8 Å². The maximum atomic E-state index is 14.0. The Hall–Kier alpha value is -1.21. The molecule has 166 valence electrons. The zero-order valence-corrected chi connectivity index (χ0v) is 20.2. The molecule has 0 unspecified atom stereocenters. The van der Waals surface area contributed by atoms with Crippen molar-refractivity contribution in [2.24, 2.45) is 4.99 Å². The minimum absolute atomic E-state index is 0. The highest BCUT2D eigenvalue weighted by Crippen LogP contribution is 2.21. The summed E-state index contributed by atoms with van der Waals surface area (Å²) in [7, 11) is 0.109. The first-order chi connectivity index (χ1) is 13.3. The van der Waals surface area contributed by atoms with E-state index >= 15 is 0 Å². The normalized spacial score (nSPS) is 15.4. The molecule has 11 heteroatoms. The summed E-state index contributed by atoms with van der Waals surface area (Å²) in [6.07, 6.45) is 0.656. The highest BCUT2D eigenvalue weighted by molar-refractivity contribution is 14.0. The predicted molar refractivity (Wildman–Crippen MR) is 124 cm³/mol. The quantitative estimate of drug-likeness (QED) is 0.246. The number of rotatable bonds is 7. The van der Waals surface area contributed by atoms with Crippen LogP contribution in [0.15, 0.2) is 23.2 Å². The van der Waals surface area contributed by atoms with Crippen LogP contribution in [0.1, 0.15) is 13.3 Å². The number of aliphatic imine (C=N–C) groups is 1. The van der Waals surface area contributed by atoms with Crippen molar-refractivity contribution in [1.29, 1.82) is 0 Å². The second kappa shape index (κ2) is 11.8. The standard InChI is InChI=1S/C18H29F2N5O2S.HI/c1-4-28(26,27)23(3)9-5-8-22-18(21-2)25-12-10-24(11-13-25)17-14-15(19)6-7-16(17)20;/h6-7,14H,4-5,8-13H2,1-3H3,(H,21,22);1H. The van der Waals surface area contributed by atoms with Gasteiger partial charge in [-0.05, 0) is 25.5 Å². The molecule has 1 fully saturated rings. The van der Waals surface area contributed by atoms with Crippen LogP contribution >= 0.6 is 24.0 Å². The fraction of sp³-hybridized carbons (Fsp3) is 0.611. The summed E-state index contributed by atoms with van der Waals surface area (Å²) in [4.78, 5) is 8.15. The highest BCUT2D eigenvalue weighted by Gasteiger charge is 2.22. The molecule has 7 nitrogen and oxygen atoms in total. The first-order valence-electron chi connectivity index (χ1n) is 9.38. The minimum Gasteiger partial charge on any atom is -0.366 e. The SMILES string of the molecule is CCS(=O)(=O)N(C)CCCNC(=NC)N1CCN(c2cc(F)ccc2F)CC1.I. The van der Waals surface area contributed by atoms with E-state index < -0.39 is 21.7 Å².